The number of hydrogen-bond donors (Lipinski definition) is 1. The molecule has 1 unspecified atom stereocenters. The number of esters is 1. The molecule has 1 fully saturated rings. The topological polar surface area (TPSA) is 30.7 Å². The Bertz CT molecular complexity index is 751. The van der Waals surface area contributed by atoms with Gasteiger partial charge in [-0.15, -0.1) is 0 Å². The molecular weight excluding hydrogens is 322 g/mol. The molecule has 3 heteroatoms. The Morgan fingerprint density at radius 3 is 2.81 bits per heavy atom. The first kappa shape index (κ1) is 17.5. The van der Waals surface area contributed by atoms with Gasteiger partial charge in [0.15, 0.2) is 0 Å². The second-order valence-electron chi connectivity index (χ2n) is 8.75. The molecule has 0 radical (unpaired) electrons. The Hall–Kier alpha value is -1.87. The van der Waals surface area contributed by atoms with E-state index >= 15 is 0 Å². The van der Waals surface area contributed by atoms with Gasteiger partial charge in [0.25, 0.3) is 0 Å². The van der Waals surface area contributed by atoms with Crippen LogP contribution in [-0.2, 0) is 16.1 Å². The molecule has 5 atom stereocenters. The molecule has 3 aliphatic rings. The number of ether oxygens (including phenoxy) is 1. The maximum atomic E-state index is 12.6. The smallest absolute Gasteiger partial charge is 0.315 e. The van der Waals surface area contributed by atoms with Gasteiger partial charge < -0.3 is 9.64 Å². The van der Waals surface area contributed by atoms with E-state index in [2.05, 4.69) is 57.3 Å². The highest BCUT2D eigenvalue weighted by molar-refractivity contribution is 5.76. The second kappa shape index (κ2) is 6.70. The number of rotatable bonds is 4. The van der Waals surface area contributed by atoms with Gasteiger partial charge in [0, 0.05) is 11.5 Å². The summed E-state index contributed by atoms with van der Waals surface area (Å²) in [5.41, 5.74) is 4.36. The van der Waals surface area contributed by atoms with Crippen molar-refractivity contribution in [1.29, 1.82) is 0 Å². The number of fused-ring (bicyclic) bond motifs is 2. The summed E-state index contributed by atoms with van der Waals surface area (Å²) >= 11 is 0. The van der Waals surface area contributed by atoms with Crippen LogP contribution in [0.5, 0.6) is 0 Å². The van der Waals surface area contributed by atoms with Crippen molar-refractivity contribution < 1.29 is 14.4 Å². The Kier molecular flexibility index (Phi) is 4.52. The molecule has 1 aromatic carbocycles. The van der Waals surface area contributed by atoms with Crippen molar-refractivity contribution in [2.75, 3.05) is 13.6 Å². The first-order chi connectivity index (χ1) is 12.5. The SMILES string of the molecule is CC1=CCC[C@]2(C)C[C@H]3OC(=O)[C@H](C[NH+](C)Cc4ccccc4)[C@H]3C=C12. The third-order valence-electron chi connectivity index (χ3n) is 6.61. The fourth-order valence-corrected chi connectivity index (χ4v) is 5.25. The van der Waals surface area contributed by atoms with E-state index in [1.165, 1.54) is 28.0 Å². The number of allylic oxidation sites excluding steroid dienone is 3. The Labute approximate surface area is 156 Å². The summed E-state index contributed by atoms with van der Waals surface area (Å²) in [5.74, 6) is 0.223. The average Bonchev–Trinajstić information content (AvgIpc) is 2.88. The van der Waals surface area contributed by atoms with Gasteiger partial charge in [-0.3, -0.25) is 4.79 Å². The molecule has 2 aliphatic carbocycles. The largest absolute Gasteiger partial charge is 0.461 e. The first-order valence-electron chi connectivity index (χ1n) is 9.91. The van der Waals surface area contributed by atoms with Gasteiger partial charge in [0.05, 0.1) is 13.6 Å². The van der Waals surface area contributed by atoms with E-state index in [1.807, 2.05) is 6.07 Å². The number of benzene rings is 1. The van der Waals surface area contributed by atoms with Crippen molar-refractivity contribution in [3.63, 3.8) is 0 Å². The van der Waals surface area contributed by atoms with Crippen LogP contribution < -0.4 is 4.90 Å². The zero-order valence-corrected chi connectivity index (χ0v) is 16.1. The first-order valence-corrected chi connectivity index (χ1v) is 9.91. The van der Waals surface area contributed by atoms with Crippen LogP contribution >= 0.6 is 0 Å². The summed E-state index contributed by atoms with van der Waals surface area (Å²) in [6, 6.07) is 10.5. The molecule has 0 aromatic heterocycles. The zero-order valence-electron chi connectivity index (χ0n) is 16.1. The summed E-state index contributed by atoms with van der Waals surface area (Å²) in [6.45, 7) is 6.34. The summed E-state index contributed by atoms with van der Waals surface area (Å²) < 4.78 is 5.86. The van der Waals surface area contributed by atoms with Crippen LogP contribution in [0.15, 0.2) is 53.6 Å². The lowest BCUT2D eigenvalue weighted by molar-refractivity contribution is -0.896. The van der Waals surface area contributed by atoms with E-state index in [0.29, 0.717) is 0 Å². The van der Waals surface area contributed by atoms with Crippen LogP contribution in [0.4, 0.5) is 0 Å². The quantitative estimate of drug-likeness (QED) is 0.845. The molecule has 1 aromatic rings. The number of carbonyl (C=O) groups is 1. The van der Waals surface area contributed by atoms with E-state index in [0.717, 1.165) is 25.9 Å². The van der Waals surface area contributed by atoms with E-state index in [4.69, 9.17) is 4.74 Å². The summed E-state index contributed by atoms with van der Waals surface area (Å²) in [7, 11) is 2.18. The predicted octanol–water partition coefficient (Wildman–Crippen LogP) is 2.94. The molecule has 1 aliphatic heterocycles. The zero-order chi connectivity index (χ0) is 18.3. The maximum absolute atomic E-state index is 12.6. The third kappa shape index (κ3) is 3.14. The van der Waals surface area contributed by atoms with Crippen molar-refractivity contribution in [3.05, 3.63) is 59.2 Å². The van der Waals surface area contributed by atoms with Crippen LogP contribution in [0.25, 0.3) is 0 Å². The van der Waals surface area contributed by atoms with Gasteiger partial charge in [-0.25, -0.2) is 0 Å². The van der Waals surface area contributed by atoms with E-state index in [-0.39, 0.29) is 29.3 Å². The maximum Gasteiger partial charge on any atom is 0.315 e. The third-order valence-corrected chi connectivity index (χ3v) is 6.61. The van der Waals surface area contributed by atoms with Crippen LogP contribution in [0, 0.1) is 17.3 Å². The van der Waals surface area contributed by atoms with Gasteiger partial charge in [0.1, 0.15) is 18.6 Å². The highest BCUT2D eigenvalue weighted by Gasteiger charge is 2.51. The fourth-order valence-electron chi connectivity index (χ4n) is 5.25. The van der Waals surface area contributed by atoms with Crippen LogP contribution in [0.1, 0.15) is 38.7 Å². The highest BCUT2D eigenvalue weighted by Crippen LogP contribution is 2.52. The molecule has 3 nitrogen and oxygen atoms in total. The van der Waals surface area contributed by atoms with Crippen LogP contribution in [0.2, 0.25) is 0 Å². The summed E-state index contributed by atoms with van der Waals surface area (Å²) in [6.07, 6.45) is 8.10. The minimum Gasteiger partial charge on any atom is -0.461 e. The molecule has 1 heterocycles. The van der Waals surface area contributed by atoms with E-state index in [1.54, 1.807) is 0 Å². The van der Waals surface area contributed by atoms with Gasteiger partial charge in [-0.05, 0) is 37.2 Å². The van der Waals surface area contributed by atoms with Crippen LogP contribution in [-0.4, -0.2) is 25.7 Å². The molecule has 4 rings (SSSR count). The average molecular weight is 352 g/mol. The number of carbonyl (C=O) groups excluding carboxylic acids is 1. The number of nitrogens with one attached hydrogen (secondary N) is 1. The predicted molar refractivity (Wildman–Crippen MR) is 103 cm³/mol. The lowest BCUT2D eigenvalue weighted by atomic mass is 9.62. The monoisotopic (exact) mass is 352 g/mol. The van der Waals surface area contributed by atoms with Crippen molar-refractivity contribution in [2.45, 2.75) is 45.8 Å². The van der Waals surface area contributed by atoms with Gasteiger partial charge >= 0.3 is 5.97 Å². The van der Waals surface area contributed by atoms with Crippen molar-refractivity contribution in [2.24, 2.45) is 17.3 Å². The van der Waals surface area contributed by atoms with Crippen molar-refractivity contribution in [3.8, 4) is 0 Å². The van der Waals surface area contributed by atoms with Crippen LogP contribution in [0.3, 0.4) is 0 Å². The number of hydrogen-bond acceptors (Lipinski definition) is 2. The molecule has 1 N–H and O–H groups in total. The van der Waals surface area contributed by atoms with Gasteiger partial charge in [-0.1, -0.05) is 55.0 Å². The molecule has 0 amide bonds. The lowest BCUT2D eigenvalue weighted by Gasteiger charge is -2.42. The van der Waals surface area contributed by atoms with Gasteiger partial charge in [0.2, 0.25) is 0 Å². The Morgan fingerprint density at radius 2 is 2.04 bits per heavy atom. The minimum atomic E-state index is -0.0181. The molecule has 26 heavy (non-hydrogen) atoms. The molecule has 0 saturated carbocycles. The minimum absolute atomic E-state index is 0.00754. The second-order valence-corrected chi connectivity index (χ2v) is 8.75. The molecule has 0 bridgehead atoms. The molecule has 0 spiro atoms. The van der Waals surface area contributed by atoms with Crippen molar-refractivity contribution in [1.82, 2.24) is 0 Å². The summed E-state index contributed by atoms with van der Waals surface area (Å²) in [5, 5.41) is 0. The van der Waals surface area contributed by atoms with E-state index in [9.17, 15) is 4.79 Å². The summed E-state index contributed by atoms with van der Waals surface area (Å²) in [4.78, 5) is 14.0. The molecule has 1 saturated heterocycles. The highest BCUT2D eigenvalue weighted by atomic mass is 16.6. The normalized spacial score (nSPS) is 34.3. The molecule has 138 valence electrons. The Balaban J connectivity index is 1.53. The Morgan fingerprint density at radius 1 is 1.27 bits per heavy atom. The van der Waals surface area contributed by atoms with E-state index < -0.39 is 0 Å². The number of quaternary nitrogens is 1. The van der Waals surface area contributed by atoms with Crippen molar-refractivity contribution >= 4 is 5.97 Å². The van der Waals surface area contributed by atoms with Gasteiger partial charge in [-0.2, -0.15) is 0 Å². The standard InChI is InChI=1S/C23H29NO2/c1-16-8-7-11-23(2)13-21-18(12-20(16)23)19(22(25)26-21)15-24(3)14-17-9-5-4-6-10-17/h4-6,8-10,12,18-19,21H,7,11,13-15H2,1-3H3/p+1/t18-,19-,21-,23-/m1/s1. The lowest BCUT2D eigenvalue weighted by Crippen LogP contribution is -3.08. The molecular formula is C23H30NO2+. The fraction of sp³-hybridized carbons (Fsp3) is 0.522.